The van der Waals surface area contributed by atoms with Gasteiger partial charge < -0.3 is 10.6 Å². The molecule has 0 aromatic heterocycles. The molecule has 0 aromatic rings. The molecule has 1 saturated carbocycles. The van der Waals surface area contributed by atoms with Crippen LogP contribution in [0.5, 0.6) is 0 Å². The summed E-state index contributed by atoms with van der Waals surface area (Å²) in [6, 6.07) is 0.804. The van der Waals surface area contributed by atoms with Crippen LogP contribution < -0.4 is 5.73 Å². The van der Waals surface area contributed by atoms with Crippen LogP contribution in [-0.4, -0.2) is 55.6 Å². The van der Waals surface area contributed by atoms with E-state index < -0.39 is 0 Å². The first-order valence-corrected chi connectivity index (χ1v) is 7.32. The third-order valence-electron chi connectivity index (χ3n) is 4.66. The zero-order valence-corrected chi connectivity index (χ0v) is 11.6. The summed E-state index contributed by atoms with van der Waals surface area (Å²) in [7, 11) is 2.29. The minimum absolute atomic E-state index is 0.596. The highest BCUT2D eigenvalue weighted by Crippen LogP contribution is 2.48. The average Bonchev–Trinajstić information content (AvgIpc) is 2.89. The molecule has 2 fully saturated rings. The van der Waals surface area contributed by atoms with Gasteiger partial charge in [0.25, 0.3) is 0 Å². The predicted octanol–water partition coefficient (Wildman–Crippen LogP) is 1.53. The molecule has 1 aliphatic carbocycles. The van der Waals surface area contributed by atoms with Crippen molar-refractivity contribution in [3.63, 3.8) is 0 Å². The van der Waals surface area contributed by atoms with Crippen LogP contribution in [0.3, 0.4) is 0 Å². The summed E-state index contributed by atoms with van der Waals surface area (Å²) in [5.41, 5.74) is 6.31. The van der Waals surface area contributed by atoms with Crippen LogP contribution in [0.4, 0.5) is 0 Å². The first-order valence-electron chi connectivity index (χ1n) is 7.32. The van der Waals surface area contributed by atoms with Crippen molar-refractivity contribution in [2.45, 2.75) is 45.1 Å². The fraction of sp³-hybridized carbons (Fsp3) is 1.00. The number of hydrogen-bond donors (Lipinski definition) is 1. The van der Waals surface area contributed by atoms with E-state index in [1.807, 2.05) is 0 Å². The Morgan fingerprint density at radius 2 is 2.18 bits per heavy atom. The zero-order valence-electron chi connectivity index (χ0n) is 11.6. The van der Waals surface area contributed by atoms with Gasteiger partial charge >= 0.3 is 0 Å². The highest BCUT2D eigenvalue weighted by Gasteiger charge is 2.42. The Morgan fingerprint density at radius 3 is 2.76 bits per heavy atom. The first-order chi connectivity index (χ1) is 8.19. The lowest BCUT2D eigenvalue weighted by molar-refractivity contribution is 0.175. The van der Waals surface area contributed by atoms with Gasteiger partial charge in [-0.05, 0) is 64.2 Å². The van der Waals surface area contributed by atoms with Crippen LogP contribution in [0.25, 0.3) is 0 Å². The summed E-state index contributed by atoms with van der Waals surface area (Å²) in [6.07, 6.45) is 6.80. The molecule has 17 heavy (non-hydrogen) atoms. The average molecular weight is 239 g/mol. The molecular formula is C14H29N3. The van der Waals surface area contributed by atoms with Crippen LogP contribution in [0.1, 0.15) is 39.0 Å². The van der Waals surface area contributed by atoms with Crippen molar-refractivity contribution < 1.29 is 0 Å². The van der Waals surface area contributed by atoms with Crippen molar-refractivity contribution in [1.82, 2.24) is 9.80 Å². The lowest BCUT2D eigenvalue weighted by Crippen LogP contribution is -2.40. The maximum absolute atomic E-state index is 5.71. The summed E-state index contributed by atoms with van der Waals surface area (Å²) in [5, 5.41) is 0. The first kappa shape index (κ1) is 13.3. The molecule has 3 heteroatoms. The van der Waals surface area contributed by atoms with Gasteiger partial charge in [0.1, 0.15) is 0 Å². The molecule has 100 valence electrons. The quantitative estimate of drug-likeness (QED) is 0.731. The molecule has 0 spiro atoms. The molecule has 2 N–H and O–H groups in total. The second-order valence-electron chi connectivity index (χ2n) is 6.16. The third-order valence-corrected chi connectivity index (χ3v) is 4.66. The summed E-state index contributed by atoms with van der Waals surface area (Å²) < 4.78 is 0. The number of likely N-dealkylation sites (N-methyl/N-ethyl adjacent to an activating group) is 2. The lowest BCUT2D eigenvalue weighted by Gasteiger charge is -2.30. The van der Waals surface area contributed by atoms with Crippen LogP contribution in [-0.2, 0) is 0 Å². The smallest absolute Gasteiger partial charge is 0.0223 e. The normalized spacial score (nSPS) is 27.9. The van der Waals surface area contributed by atoms with Gasteiger partial charge in [0.15, 0.2) is 0 Å². The van der Waals surface area contributed by atoms with Gasteiger partial charge in [-0.3, -0.25) is 4.90 Å². The van der Waals surface area contributed by atoms with E-state index >= 15 is 0 Å². The van der Waals surface area contributed by atoms with E-state index in [2.05, 4.69) is 23.8 Å². The van der Waals surface area contributed by atoms with E-state index in [-0.39, 0.29) is 0 Å². The monoisotopic (exact) mass is 239 g/mol. The Labute approximate surface area is 106 Å². The van der Waals surface area contributed by atoms with Crippen molar-refractivity contribution in [3.05, 3.63) is 0 Å². The SMILES string of the molecule is CCN1CCCC1CN(C)CC1(CCN)CC1. The fourth-order valence-corrected chi connectivity index (χ4v) is 3.49. The minimum atomic E-state index is 0.596. The number of hydrogen-bond acceptors (Lipinski definition) is 3. The summed E-state index contributed by atoms with van der Waals surface area (Å²) in [5.74, 6) is 0. The molecule has 1 aliphatic heterocycles. The third kappa shape index (κ3) is 3.43. The summed E-state index contributed by atoms with van der Waals surface area (Å²) in [6.45, 7) is 8.18. The molecular weight excluding hydrogens is 210 g/mol. The highest BCUT2D eigenvalue weighted by molar-refractivity contribution is 4.95. The van der Waals surface area contributed by atoms with Crippen molar-refractivity contribution in [2.24, 2.45) is 11.1 Å². The van der Waals surface area contributed by atoms with Crippen LogP contribution in [0.2, 0.25) is 0 Å². The Hall–Kier alpha value is -0.120. The maximum Gasteiger partial charge on any atom is 0.0223 e. The van der Waals surface area contributed by atoms with Gasteiger partial charge in [0, 0.05) is 19.1 Å². The van der Waals surface area contributed by atoms with E-state index in [1.165, 1.54) is 58.3 Å². The van der Waals surface area contributed by atoms with Crippen LogP contribution in [0.15, 0.2) is 0 Å². The molecule has 1 unspecified atom stereocenters. The summed E-state index contributed by atoms with van der Waals surface area (Å²) in [4.78, 5) is 5.19. The molecule has 1 heterocycles. The van der Waals surface area contributed by atoms with Crippen LogP contribution >= 0.6 is 0 Å². The molecule has 1 saturated heterocycles. The van der Waals surface area contributed by atoms with Gasteiger partial charge in [0.05, 0.1) is 0 Å². The second kappa shape index (κ2) is 5.68. The van der Waals surface area contributed by atoms with Crippen molar-refractivity contribution in [2.75, 3.05) is 39.8 Å². The molecule has 0 amide bonds. The lowest BCUT2D eigenvalue weighted by atomic mass is 10.0. The van der Waals surface area contributed by atoms with E-state index in [4.69, 9.17) is 5.73 Å². The van der Waals surface area contributed by atoms with E-state index in [9.17, 15) is 0 Å². The molecule has 2 aliphatic rings. The number of likely N-dealkylation sites (tertiary alicyclic amines) is 1. The second-order valence-corrected chi connectivity index (χ2v) is 6.16. The Balaban J connectivity index is 1.75. The van der Waals surface area contributed by atoms with Gasteiger partial charge in [-0.15, -0.1) is 0 Å². The van der Waals surface area contributed by atoms with Gasteiger partial charge in [0.2, 0.25) is 0 Å². The minimum Gasteiger partial charge on any atom is -0.330 e. The van der Waals surface area contributed by atoms with E-state index in [0.29, 0.717) is 5.41 Å². The van der Waals surface area contributed by atoms with Crippen molar-refractivity contribution in [3.8, 4) is 0 Å². The van der Waals surface area contributed by atoms with E-state index in [0.717, 1.165) is 12.6 Å². The predicted molar refractivity (Wildman–Crippen MR) is 73.1 cm³/mol. The Morgan fingerprint density at radius 1 is 1.41 bits per heavy atom. The molecule has 0 radical (unpaired) electrons. The molecule has 0 aromatic carbocycles. The molecule has 1 atom stereocenters. The number of nitrogens with two attached hydrogens (primary N) is 1. The van der Waals surface area contributed by atoms with Crippen molar-refractivity contribution >= 4 is 0 Å². The largest absolute Gasteiger partial charge is 0.330 e. The fourth-order valence-electron chi connectivity index (χ4n) is 3.49. The standard InChI is InChI=1S/C14H29N3/c1-3-17-10-4-5-13(17)11-16(2)12-14(6-7-14)8-9-15/h13H,3-12,15H2,1-2H3. The highest BCUT2D eigenvalue weighted by atomic mass is 15.2. The maximum atomic E-state index is 5.71. The van der Waals surface area contributed by atoms with Crippen LogP contribution in [0, 0.1) is 5.41 Å². The number of nitrogens with zero attached hydrogens (tertiary/aromatic N) is 2. The summed E-state index contributed by atoms with van der Waals surface area (Å²) >= 11 is 0. The molecule has 0 bridgehead atoms. The van der Waals surface area contributed by atoms with Gasteiger partial charge in [-0.1, -0.05) is 6.92 Å². The Kier molecular flexibility index (Phi) is 4.45. The van der Waals surface area contributed by atoms with E-state index in [1.54, 1.807) is 0 Å². The molecule has 2 rings (SSSR count). The topological polar surface area (TPSA) is 32.5 Å². The molecule has 3 nitrogen and oxygen atoms in total. The zero-order chi connectivity index (χ0) is 12.3. The van der Waals surface area contributed by atoms with Gasteiger partial charge in [-0.25, -0.2) is 0 Å². The number of rotatable bonds is 7. The van der Waals surface area contributed by atoms with Gasteiger partial charge in [-0.2, -0.15) is 0 Å². The Bertz CT molecular complexity index is 238. The van der Waals surface area contributed by atoms with Crippen molar-refractivity contribution in [1.29, 1.82) is 0 Å².